The standard InChI is InChI=1S/C13H10F2O/c14-10-5-6-12(13(15)7-10)11-4-2-1-3-9(11)8-16/h1-7,16H,8H2. The van der Waals surface area contributed by atoms with Crippen LogP contribution in [-0.4, -0.2) is 5.11 Å². The molecule has 0 aliphatic heterocycles. The fourth-order valence-corrected chi connectivity index (χ4v) is 1.63. The molecule has 2 aromatic carbocycles. The molecule has 0 aromatic heterocycles. The molecule has 0 atom stereocenters. The molecule has 16 heavy (non-hydrogen) atoms. The molecule has 2 aromatic rings. The molecule has 0 spiro atoms. The third-order valence-electron chi connectivity index (χ3n) is 2.41. The molecule has 2 rings (SSSR count). The average Bonchev–Trinajstić information content (AvgIpc) is 2.29. The molecule has 1 nitrogen and oxygen atoms in total. The van der Waals surface area contributed by atoms with Crippen LogP contribution in [0.2, 0.25) is 0 Å². The van der Waals surface area contributed by atoms with Gasteiger partial charge in [0.1, 0.15) is 11.6 Å². The van der Waals surface area contributed by atoms with Crippen molar-refractivity contribution in [3.63, 3.8) is 0 Å². The van der Waals surface area contributed by atoms with E-state index in [4.69, 9.17) is 5.11 Å². The number of hydrogen-bond donors (Lipinski definition) is 1. The third kappa shape index (κ3) is 1.95. The Labute approximate surface area is 92.0 Å². The molecular weight excluding hydrogens is 210 g/mol. The van der Waals surface area contributed by atoms with Crippen LogP contribution in [0.5, 0.6) is 0 Å². The Kier molecular flexibility index (Phi) is 2.97. The van der Waals surface area contributed by atoms with E-state index in [1.54, 1.807) is 24.3 Å². The highest BCUT2D eigenvalue weighted by atomic mass is 19.1. The second kappa shape index (κ2) is 4.41. The van der Waals surface area contributed by atoms with Gasteiger partial charge in [-0.15, -0.1) is 0 Å². The largest absolute Gasteiger partial charge is 0.392 e. The van der Waals surface area contributed by atoms with Crippen LogP contribution in [-0.2, 0) is 6.61 Å². The Balaban J connectivity index is 2.58. The fraction of sp³-hybridized carbons (Fsp3) is 0.0769. The molecule has 0 saturated carbocycles. The van der Waals surface area contributed by atoms with Crippen LogP contribution in [0.1, 0.15) is 5.56 Å². The predicted molar refractivity (Wildman–Crippen MR) is 57.7 cm³/mol. The van der Waals surface area contributed by atoms with Gasteiger partial charge in [0.15, 0.2) is 0 Å². The van der Waals surface area contributed by atoms with E-state index in [0.717, 1.165) is 6.07 Å². The molecule has 82 valence electrons. The summed E-state index contributed by atoms with van der Waals surface area (Å²) >= 11 is 0. The molecular formula is C13H10F2O. The van der Waals surface area contributed by atoms with E-state index in [2.05, 4.69) is 0 Å². The Morgan fingerprint density at radius 2 is 1.69 bits per heavy atom. The van der Waals surface area contributed by atoms with Crippen molar-refractivity contribution in [3.8, 4) is 11.1 Å². The number of rotatable bonds is 2. The lowest BCUT2D eigenvalue weighted by atomic mass is 10.00. The molecule has 1 N–H and O–H groups in total. The first-order chi connectivity index (χ1) is 7.72. The van der Waals surface area contributed by atoms with Gasteiger partial charge in [-0.3, -0.25) is 0 Å². The van der Waals surface area contributed by atoms with Crippen LogP contribution in [0.25, 0.3) is 11.1 Å². The van der Waals surface area contributed by atoms with Gasteiger partial charge >= 0.3 is 0 Å². The van der Waals surface area contributed by atoms with E-state index >= 15 is 0 Å². The van der Waals surface area contributed by atoms with Crippen molar-refractivity contribution >= 4 is 0 Å². The molecule has 0 heterocycles. The Hall–Kier alpha value is -1.74. The summed E-state index contributed by atoms with van der Waals surface area (Å²) in [6.07, 6.45) is 0. The van der Waals surface area contributed by atoms with Crippen molar-refractivity contribution in [2.24, 2.45) is 0 Å². The molecule has 0 unspecified atom stereocenters. The van der Waals surface area contributed by atoms with Gasteiger partial charge in [0.25, 0.3) is 0 Å². The molecule has 0 radical (unpaired) electrons. The summed E-state index contributed by atoms with van der Waals surface area (Å²) < 4.78 is 26.3. The van der Waals surface area contributed by atoms with Crippen molar-refractivity contribution in [1.29, 1.82) is 0 Å². The van der Waals surface area contributed by atoms with Crippen molar-refractivity contribution in [2.75, 3.05) is 0 Å². The fourth-order valence-electron chi connectivity index (χ4n) is 1.63. The summed E-state index contributed by atoms with van der Waals surface area (Å²) in [4.78, 5) is 0. The maximum absolute atomic E-state index is 13.5. The molecule has 0 aliphatic carbocycles. The summed E-state index contributed by atoms with van der Waals surface area (Å²) in [5.74, 6) is -1.23. The number of hydrogen-bond acceptors (Lipinski definition) is 1. The van der Waals surface area contributed by atoms with E-state index < -0.39 is 11.6 Å². The lowest BCUT2D eigenvalue weighted by Gasteiger charge is -2.08. The highest BCUT2D eigenvalue weighted by Crippen LogP contribution is 2.26. The minimum atomic E-state index is -0.624. The SMILES string of the molecule is OCc1ccccc1-c1ccc(F)cc1F. The van der Waals surface area contributed by atoms with Gasteiger partial charge in [0.05, 0.1) is 6.61 Å². The van der Waals surface area contributed by atoms with Crippen LogP contribution in [0, 0.1) is 11.6 Å². The first kappa shape index (κ1) is 10.8. The zero-order chi connectivity index (χ0) is 11.5. The Bertz CT molecular complexity index is 509. The van der Waals surface area contributed by atoms with Crippen LogP contribution in [0.3, 0.4) is 0 Å². The van der Waals surface area contributed by atoms with Crippen LogP contribution in [0.15, 0.2) is 42.5 Å². The van der Waals surface area contributed by atoms with Gasteiger partial charge < -0.3 is 5.11 Å². The second-order valence-corrected chi connectivity index (χ2v) is 3.44. The third-order valence-corrected chi connectivity index (χ3v) is 2.41. The second-order valence-electron chi connectivity index (χ2n) is 3.44. The maximum Gasteiger partial charge on any atom is 0.133 e. The van der Waals surface area contributed by atoms with E-state index in [0.29, 0.717) is 16.7 Å². The van der Waals surface area contributed by atoms with Gasteiger partial charge in [-0.2, -0.15) is 0 Å². The smallest absolute Gasteiger partial charge is 0.133 e. The molecule has 0 aliphatic rings. The van der Waals surface area contributed by atoms with Gasteiger partial charge in [0, 0.05) is 11.6 Å². The van der Waals surface area contributed by atoms with E-state index in [1.807, 2.05) is 0 Å². The first-order valence-electron chi connectivity index (χ1n) is 4.86. The van der Waals surface area contributed by atoms with Crippen molar-refractivity contribution in [1.82, 2.24) is 0 Å². The highest BCUT2D eigenvalue weighted by Gasteiger charge is 2.09. The molecule has 0 bridgehead atoms. The number of aliphatic hydroxyl groups excluding tert-OH is 1. The van der Waals surface area contributed by atoms with Crippen LogP contribution < -0.4 is 0 Å². The van der Waals surface area contributed by atoms with Gasteiger partial charge in [0.2, 0.25) is 0 Å². The van der Waals surface area contributed by atoms with Gasteiger partial charge in [-0.05, 0) is 23.3 Å². The zero-order valence-corrected chi connectivity index (χ0v) is 8.45. The maximum atomic E-state index is 13.5. The predicted octanol–water partition coefficient (Wildman–Crippen LogP) is 3.12. The van der Waals surface area contributed by atoms with E-state index in [9.17, 15) is 8.78 Å². The summed E-state index contributed by atoms with van der Waals surface area (Å²) in [5.41, 5.74) is 1.50. The van der Waals surface area contributed by atoms with Crippen molar-refractivity contribution < 1.29 is 13.9 Å². The van der Waals surface area contributed by atoms with Crippen molar-refractivity contribution in [2.45, 2.75) is 6.61 Å². The summed E-state index contributed by atoms with van der Waals surface area (Å²) in [7, 11) is 0. The highest BCUT2D eigenvalue weighted by molar-refractivity contribution is 5.67. The van der Waals surface area contributed by atoms with E-state index in [1.165, 1.54) is 12.1 Å². The summed E-state index contributed by atoms with van der Waals surface area (Å²) in [6.45, 7) is -0.174. The van der Waals surface area contributed by atoms with Crippen LogP contribution >= 0.6 is 0 Å². The van der Waals surface area contributed by atoms with Gasteiger partial charge in [-0.1, -0.05) is 24.3 Å². The van der Waals surface area contributed by atoms with Gasteiger partial charge in [-0.25, -0.2) is 8.78 Å². The lowest BCUT2D eigenvalue weighted by molar-refractivity contribution is 0.282. The lowest BCUT2D eigenvalue weighted by Crippen LogP contribution is -1.92. The van der Waals surface area contributed by atoms with Crippen molar-refractivity contribution in [3.05, 3.63) is 59.7 Å². The number of halogens is 2. The minimum Gasteiger partial charge on any atom is -0.392 e. The normalized spacial score (nSPS) is 10.4. The monoisotopic (exact) mass is 220 g/mol. The zero-order valence-electron chi connectivity index (χ0n) is 8.45. The first-order valence-corrected chi connectivity index (χ1v) is 4.86. The molecule has 3 heteroatoms. The number of aliphatic hydroxyl groups is 1. The van der Waals surface area contributed by atoms with Crippen LogP contribution in [0.4, 0.5) is 8.78 Å². The summed E-state index contributed by atoms with van der Waals surface area (Å²) in [6, 6.07) is 10.3. The molecule has 0 fully saturated rings. The summed E-state index contributed by atoms with van der Waals surface area (Å²) in [5, 5.41) is 9.13. The Morgan fingerprint density at radius 3 is 2.38 bits per heavy atom. The van der Waals surface area contributed by atoms with E-state index in [-0.39, 0.29) is 6.61 Å². The average molecular weight is 220 g/mol. The molecule has 0 saturated heterocycles. The Morgan fingerprint density at radius 1 is 0.938 bits per heavy atom. The quantitative estimate of drug-likeness (QED) is 0.824. The minimum absolute atomic E-state index is 0.174. The number of benzene rings is 2. The topological polar surface area (TPSA) is 20.2 Å². The molecule has 0 amide bonds.